The van der Waals surface area contributed by atoms with Crippen molar-refractivity contribution in [3.63, 3.8) is 0 Å². The molecule has 134 valence electrons. The fourth-order valence-corrected chi connectivity index (χ4v) is 3.81. The molecule has 2 amide bonds. The summed E-state index contributed by atoms with van der Waals surface area (Å²) < 4.78 is 1.40. The first-order valence-corrected chi connectivity index (χ1v) is 9.39. The van der Waals surface area contributed by atoms with E-state index in [1.54, 1.807) is 19.3 Å². The average Bonchev–Trinajstić information content (AvgIpc) is 3.24. The summed E-state index contributed by atoms with van der Waals surface area (Å²) >= 11 is 2.85. The molecule has 0 saturated carbocycles. The predicted octanol–water partition coefficient (Wildman–Crippen LogP) is 2.46. The second-order valence-corrected chi connectivity index (χ2v) is 7.56. The number of pyridine rings is 1. The molecule has 3 rings (SSSR count). The smallest absolute Gasteiger partial charge is 0.257 e. The SMILES string of the molecule is CC(=O)NCc1ccc(-c2csc(NC(=O)c3ccn(C)c(=O)c3)n2)s1. The molecule has 26 heavy (non-hydrogen) atoms. The number of hydrogen-bond donors (Lipinski definition) is 2. The van der Waals surface area contributed by atoms with Crippen molar-refractivity contribution in [2.45, 2.75) is 13.5 Å². The van der Waals surface area contributed by atoms with Crippen molar-refractivity contribution in [3.8, 4) is 10.6 Å². The topological polar surface area (TPSA) is 93.1 Å². The number of carbonyl (C=O) groups excluding carboxylic acids is 2. The maximum Gasteiger partial charge on any atom is 0.257 e. The monoisotopic (exact) mass is 388 g/mol. The molecule has 0 atom stereocenters. The Balaban J connectivity index is 1.69. The molecule has 0 unspecified atom stereocenters. The van der Waals surface area contributed by atoms with Gasteiger partial charge in [0.2, 0.25) is 5.91 Å². The van der Waals surface area contributed by atoms with Crippen LogP contribution in [0.3, 0.4) is 0 Å². The van der Waals surface area contributed by atoms with Crippen molar-refractivity contribution >= 4 is 39.6 Å². The van der Waals surface area contributed by atoms with Crippen molar-refractivity contribution in [2.24, 2.45) is 7.05 Å². The second kappa shape index (κ2) is 7.63. The Morgan fingerprint density at radius 3 is 2.81 bits per heavy atom. The molecule has 0 saturated heterocycles. The van der Waals surface area contributed by atoms with Gasteiger partial charge in [0.15, 0.2) is 5.13 Å². The normalized spacial score (nSPS) is 10.5. The number of nitrogens with one attached hydrogen (secondary N) is 2. The van der Waals surface area contributed by atoms with Gasteiger partial charge in [-0.2, -0.15) is 0 Å². The highest BCUT2D eigenvalue weighted by Crippen LogP contribution is 2.30. The Hall–Kier alpha value is -2.78. The molecule has 3 aromatic rings. The lowest BCUT2D eigenvalue weighted by molar-refractivity contribution is -0.119. The number of nitrogens with zero attached hydrogens (tertiary/aromatic N) is 2. The summed E-state index contributed by atoms with van der Waals surface area (Å²) in [7, 11) is 1.62. The highest BCUT2D eigenvalue weighted by Gasteiger charge is 2.12. The van der Waals surface area contributed by atoms with Crippen LogP contribution in [-0.2, 0) is 18.4 Å². The van der Waals surface area contributed by atoms with E-state index in [0.717, 1.165) is 15.4 Å². The summed E-state index contributed by atoms with van der Waals surface area (Å²) in [5.41, 5.74) is 0.801. The van der Waals surface area contributed by atoms with Crippen molar-refractivity contribution < 1.29 is 9.59 Å². The Morgan fingerprint density at radius 2 is 2.08 bits per heavy atom. The third-order valence-corrected chi connectivity index (χ3v) is 5.38. The third kappa shape index (κ3) is 4.24. The summed E-state index contributed by atoms with van der Waals surface area (Å²) in [4.78, 5) is 41.3. The number of amides is 2. The highest BCUT2D eigenvalue weighted by atomic mass is 32.1. The Labute approximate surface area is 157 Å². The van der Waals surface area contributed by atoms with Gasteiger partial charge in [0, 0.05) is 42.1 Å². The van der Waals surface area contributed by atoms with E-state index in [-0.39, 0.29) is 17.4 Å². The van der Waals surface area contributed by atoms with Crippen molar-refractivity contribution in [1.82, 2.24) is 14.9 Å². The molecular weight excluding hydrogens is 372 g/mol. The zero-order valence-electron chi connectivity index (χ0n) is 14.1. The summed E-state index contributed by atoms with van der Waals surface area (Å²) in [6.07, 6.45) is 1.55. The molecule has 0 aliphatic rings. The van der Waals surface area contributed by atoms with Crippen LogP contribution in [-0.4, -0.2) is 21.4 Å². The van der Waals surface area contributed by atoms with Crippen LogP contribution in [0, 0.1) is 0 Å². The minimum absolute atomic E-state index is 0.0747. The van der Waals surface area contributed by atoms with Crippen molar-refractivity contribution in [3.05, 3.63) is 56.6 Å². The molecule has 3 aromatic heterocycles. The summed E-state index contributed by atoms with van der Waals surface area (Å²) in [5.74, 6) is -0.449. The van der Waals surface area contributed by atoms with Gasteiger partial charge < -0.3 is 9.88 Å². The van der Waals surface area contributed by atoms with Gasteiger partial charge in [-0.1, -0.05) is 0 Å². The van der Waals surface area contributed by atoms with E-state index in [9.17, 15) is 14.4 Å². The van der Waals surface area contributed by atoms with E-state index in [4.69, 9.17) is 0 Å². The minimum atomic E-state index is -0.374. The fraction of sp³-hybridized carbons (Fsp3) is 0.176. The van der Waals surface area contributed by atoms with Gasteiger partial charge in [-0.05, 0) is 18.2 Å². The van der Waals surface area contributed by atoms with Crippen LogP contribution in [0.25, 0.3) is 10.6 Å². The lowest BCUT2D eigenvalue weighted by Crippen LogP contribution is -2.19. The lowest BCUT2D eigenvalue weighted by atomic mass is 10.2. The van der Waals surface area contributed by atoms with E-state index in [1.807, 2.05) is 17.5 Å². The zero-order valence-corrected chi connectivity index (χ0v) is 15.7. The third-order valence-electron chi connectivity index (χ3n) is 3.52. The molecule has 0 fully saturated rings. The van der Waals surface area contributed by atoms with Gasteiger partial charge in [-0.3, -0.25) is 19.7 Å². The van der Waals surface area contributed by atoms with Crippen molar-refractivity contribution in [2.75, 3.05) is 5.32 Å². The average molecular weight is 388 g/mol. The quantitative estimate of drug-likeness (QED) is 0.702. The maximum atomic E-state index is 12.2. The molecule has 0 aliphatic heterocycles. The molecule has 3 heterocycles. The highest BCUT2D eigenvalue weighted by molar-refractivity contribution is 7.17. The Kier molecular flexibility index (Phi) is 5.29. The number of thiophene rings is 1. The lowest BCUT2D eigenvalue weighted by Gasteiger charge is -2.02. The summed E-state index contributed by atoms with van der Waals surface area (Å²) in [6, 6.07) is 6.74. The molecule has 0 radical (unpaired) electrons. The number of aryl methyl sites for hydroxylation is 1. The molecule has 0 bridgehead atoms. The van der Waals surface area contributed by atoms with Gasteiger partial charge in [0.05, 0.1) is 17.1 Å². The summed E-state index contributed by atoms with van der Waals surface area (Å²) in [5, 5.41) is 7.78. The molecule has 0 spiro atoms. The molecule has 9 heteroatoms. The molecule has 7 nitrogen and oxygen atoms in total. The number of aromatic nitrogens is 2. The zero-order chi connectivity index (χ0) is 18.7. The van der Waals surface area contributed by atoms with Crippen molar-refractivity contribution in [1.29, 1.82) is 0 Å². The molecular formula is C17H16N4O3S2. The van der Waals surface area contributed by atoms with Crippen LogP contribution in [0.5, 0.6) is 0 Å². The van der Waals surface area contributed by atoms with Crippen LogP contribution in [0.4, 0.5) is 5.13 Å². The number of hydrogen-bond acceptors (Lipinski definition) is 6. The first-order valence-electron chi connectivity index (χ1n) is 7.69. The van der Waals surface area contributed by atoms with Crippen LogP contribution in [0.2, 0.25) is 0 Å². The maximum absolute atomic E-state index is 12.2. The van der Waals surface area contributed by atoms with Crippen LogP contribution in [0.15, 0.2) is 40.6 Å². The number of thiazole rings is 1. The van der Waals surface area contributed by atoms with Gasteiger partial charge in [-0.15, -0.1) is 22.7 Å². The number of carbonyl (C=O) groups is 2. The first kappa shape index (κ1) is 18.0. The molecule has 0 aromatic carbocycles. The van der Waals surface area contributed by atoms with Crippen LogP contribution < -0.4 is 16.2 Å². The van der Waals surface area contributed by atoms with Gasteiger partial charge >= 0.3 is 0 Å². The van der Waals surface area contributed by atoms with E-state index in [0.29, 0.717) is 17.2 Å². The van der Waals surface area contributed by atoms with Gasteiger partial charge in [0.1, 0.15) is 0 Å². The minimum Gasteiger partial charge on any atom is -0.351 e. The van der Waals surface area contributed by atoms with E-state index < -0.39 is 0 Å². The van der Waals surface area contributed by atoms with E-state index in [1.165, 1.54) is 40.2 Å². The van der Waals surface area contributed by atoms with E-state index in [2.05, 4.69) is 15.6 Å². The Morgan fingerprint density at radius 1 is 1.27 bits per heavy atom. The summed E-state index contributed by atoms with van der Waals surface area (Å²) in [6.45, 7) is 1.96. The van der Waals surface area contributed by atoms with Crippen LogP contribution >= 0.6 is 22.7 Å². The second-order valence-electron chi connectivity index (χ2n) is 5.53. The first-order chi connectivity index (χ1) is 12.4. The standard InChI is InChI=1S/C17H16N4O3S2/c1-10(22)18-8-12-3-4-14(26-12)13-9-25-17(19-13)20-16(24)11-5-6-21(2)15(23)7-11/h3-7,9H,8H2,1-2H3,(H,18,22)(H,19,20,24). The fourth-order valence-electron chi connectivity index (χ4n) is 2.13. The molecule has 2 N–H and O–H groups in total. The molecule has 0 aliphatic carbocycles. The largest absolute Gasteiger partial charge is 0.351 e. The number of anilines is 1. The van der Waals surface area contributed by atoms with Gasteiger partial charge in [0.25, 0.3) is 11.5 Å². The van der Waals surface area contributed by atoms with Gasteiger partial charge in [-0.25, -0.2) is 4.98 Å². The predicted molar refractivity (Wildman–Crippen MR) is 103 cm³/mol. The van der Waals surface area contributed by atoms with Crippen LogP contribution in [0.1, 0.15) is 22.2 Å². The Bertz CT molecular complexity index is 1020. The number of rotatable bonds is 5. The van der Waals surface area contributed by atoms with E-state index >= 15 is 0 Å².